The molecule has 1 aliphatic heterocycles. The molecule has 1 saturated heterocycles. The maximum atomic E-state index is 11.8. The summed E-state index contributed by atoms with van der Waals surface area (Å²) in [5, 5.41) is 12.1. The van der Waals surface area contributed by atoms with Gasteiger partial charge < -0.3 is 15.2 Å². The van der Waals surface area contributed by atoms with Gasteiger partial charge in [-0.3, -0.25) is 4.79 Å². The quantitative estimate of drug-likeness (QED) is 0.851. The number of nitrogens with one attached hydrogen (secondary N) is 1. The van der Waals surface area contributed by atoms with Crippen molar-refractivity contribution in [3.05, 3.63) is 29.3 Å². The minimum absolute atomic E-state index is 0.187. The first-order valence-corrected chi connectivity index (χ1v) is 6.76. The van der Waals surface area contributed by atoms with E-state index in [2.05, 4.69) is 5.32 Å². The molecule has 1 fully saturated rings. The number of hydrogen-bond donors (Lipinski definition) is 2. The van der Waals surface area contributed by atoms with Crippen molar-refractivity contribution in [3.63, 3.8) is 0 Å². The highest BCUT2D eigenvalue weighted by molar-refractivity contribution is 5.91. The molecule has 2 N–H and O–H groups in total. The van der Waals surface area contributed by atoms with Gasteiger partial charge >= 0.3 is 5.97 Å². The number of aryl methyl sites for hydroxylation is 1. The second-order valence-electron chi connectivity index (χ2n) is 5.55. The maximum absolute atomic E-state index is 11.8. The minimum Gasteiger partial charge on any atom is -0.497 e. The van der Waals surface area contributed by atoms with E-state index in [0.29, 0.717) is 12.2 Å². The van der Waals surface area contributed by atoms with E-state index in [9.17, 15) is 14.7 Å². The molecule has 1 aliphatic carbocycles. The van der Waals surface area contributed by atoms with Gasteiger partial charge in [0.1, 0.15) is 11.8 Å². The number of aliphatic carboxylic acids is 1. The molecule has 0 bridgehead atoms. The standard InChI is InChI=1S/C15H17NO4/c1-20-10-5-4-9-3-2-6-15(11(9)7-10)8-12(17)16-13(15)14(18)19/h4-5,7,13H,2-3,6,8H2,1H3,(H,16,17)(H,18,19). The van der Waals surface area contributed by atoms with Gasteiger partial charge in [-0.15, -0.1) is 0 Å². The highest BCUT2D eigenvalue weighted by Gasteiger charge is 2.53. The zero-order valence-electron chi connectivity index (χ0n) is 11.3. The lowest BCUT2D eigenvalue weighted by molar-refractivity contribution is -0.141. The minimum atomic E-state index is -0.966. The number of ether oxygens (including phenoxy) is 1. The molecule has 2 unspecified atom stereocenters. The first-order chi connectivity index (χ1) is 9.56. The lowest BCUT2D eigenvalue weighted by Gasteiger charge is -2.37. The number of rotatable bonds is 2. The van der Waals surface area contributed by atoms with Crippen LogP contribution in [-0.2, 0) is 21.4 Å². The second-order valence-corrected chi connectivity index (χ2v) is 5.55. The van der Waals surface area contributed by atoms with Crippen LogP contribution in [0.4, 0.5) is 0 Å². The van der Waals surface area contributed by atoms with Gasteiger partial charge in [-0.05, 0) is 42.5 Å². The lowest BCUT2D eigenvalue weighted by atomic mass is 9.65. The van der Waals surface area contributed by atoms with Gasteiger partial charge in [0.2, 0.25) is 5.91 Å². The fourth-order valence-electron chi connectivity index (χ4n) is 3.61. The van der Waals surface area contributed by atoms with Crippen molar-refractivity contribution < 1.29 is 19.4 Å². The molecule has 1 heterocycles. The van der Waals surface area contributed by atoms with Gasteiger partial charge in [0.15, 0.2) is 0 Å². The molecule has 3 rings (SSSR count). The van der Waals surface area contributed by atoms with E-state index in [-0.39, 0.29) is 12.3 Å². The van der Waals surface area contributed by atoms with Crippen molar-refractivity contribution >= 4 is 11.9 Å². The van der Waals surface area contributed by atoms with E-state index in [1.54, 1.807) is 7.11 Å². The third kappa shape index (κ3) is 1.77. The normalized spacial score (nSPS) is 28.1. The van der Waals surface area contributed by atoms with Gasteiger partial charge in [-0.25, -0.2) is 4.79 Å². The Morgan fingerprint density at radius 3 is 3.00 bits per heavy atom. The number of amides is 1. The first-order valence-electron chi connectivity index (χ1n) is 6.76. The predicted octanol–water partition coefficient (Wildman–Crippen LogP) is 1.24. The van der Waals surface area contributed by atoms with Crippen LogP contribution in [-0.4, -0.2) is 30.1 Å². The molecular formula is C15H17NO4. The average Bonchev–Trinajstić information content (AvgIpc) is 2.76. The number of carbonyl (C=O) groups is 2. The van der Waals surface area contributed by atoms with E-state index < -0.39 is 17.4 Å². The van der Waals surface area contributed by atoms with Crippen LogP contribution in [0.25, 0.3) is 0 Å². The highest BCUT2D eigenvalue weighted by Crippen LogP contribution is 2.46. The lowest BCUT2D eigenvalue weighted by Crippen LogP contribution is -2.48. The Morgan fingerprint density at radius 2 is 2.30 bits per heavy atom. The van der Waals surface area contributed by atoms with Crippen LogP contribution in [0.1, 0.15) is 30.4 Å². The van der Waals surface area contributed by atoms with Gasteiger partial charge in [0.05, 0.1) is 7.11 Å². The molecule has 1 spiro atoms. The van der Waals surface area contributed by atoms with E-state index in [1.807, 2.05) is 18.2 Å². The summed E-state index contributed by atoms with van der Waals surface area (Å²) >= 11 is 0. The highest BCUT2D eigenvalue weighted by atomic mass is 16.5. The number of carboxylic acids is 1. The zero-order chi connectivity index (χ0) is 14.3. The molecule has 106 valence electrons. The smallest absolute Gasteiger partial charge is 0.327 e. The number of methoxy groups -OCH3 is 1. The van der Waals surface area contributed by atoms with Crippen LogP contribution < -0.4 is 10.1 Å². The van der Waals surface area contributed by atoms with Crippen LogP contribution in [0.15, 0.2) is 18.2 Å². The third-order valence-electron chi connectivity index (χ3n) is 4.50. The second kappa shape index (κ2) is 4.51. The van der Waals surface area contributed by atoms with Crippen molar-refractivity contribution in [3.8, 4) is 5.75 Å². The van der Waals surface area contributed by atoms with Crippen LogP contribution in [0, 0.1) is 0 Å². The van der Waals surface area contributed by atoms with E-state index in [1.165, 1.54) is 0 Å². The van der Waals surface area contributed by atoms with E-state index in [0.717, 1.165) is 24.0 Å². The van der Waals surface area contributed by atoms with E-state index >= 15 is 0 Å². The molecule has 1 aromatic rings. The number of benzene rings is 1. The summed E-state index contributed by atoms with van der Waals surface area (Å²) < 4.78 is 5.25. The summed E-state index contributed by atoms with van der Waals surface area (Å²) in [5.74, 6) is -0.451. The summed E-state index contributed by atoms with van der Waals surface area (Å²) in [7, 11) is 1.59. The maximum Gasteiger partial charge on any atom is 0.327 e. The fraction of sp³-hybridized carbons (Fsp3) is 0.467. The molecular weight excluding hydrogens is 258 g/mol. The van der Waals surface area contributed by atoms with Crippen molar-refractivity contribution in [2.24, 2.45) is 0 Å². The molecule has 2 atom stereocenters. The van der Waals surface area contributed by atoms with Crippen LogP contribution >= 0.6 is 0 Å². The summed E-state index contributed by atoms with van der Waals surface area (Å²) in [6.45, 7) is 0. The molecule has 2 aliphatic rings. The monoisotopic (exact) mass is 275 g/mol. The largest absolute Gasteiger partial charge is 0.497 e. The van der Waals surface area contributed by atoms with Crippen LogP contribution in [0.5, 0.6) is 5.75 Å². The van der Waals surface area contributed by atoms with Gasteiger partial charge in [0, 0.05) is 11.8 Å². The number of fused-ring (bicyclic) bond motifs is 2. The molecule has 1 amide bonds. The van der Waals surface area contributed by atoms with Crippen LogP contribution in [0.3, 0.4) is 0 Å². The SMILES string of the molecule is COc1ccc2c(c1)C1(CCC2)CC(=O)NC1C(=O)O. The average molecular weight is 275 g/mol. The van der Waals surface area contributed by atoms with Gasteiger partial charge in [0.25, 0.3) is 0 Å². The molecule has 1 aromatic carbocycles. The first kappa shape index (κ1) is 13.0. The summed E-state index contributed by atoms with van der Waals surface area (Å²) in [6.07, 6.45) is 2.77. The predicted molar refractivity (Wildman–Crippen MR) is 71.8 cm³/mol. The Kier molecular flexibility index (Phi) is 2.92. The fourth-order valence-corrected chi connectivity index (χ4v) is 3.61. The molecule has 0 radical (unpaired) electrons. The van der Waals surface area contributed by atoms with E-state index in [4.69, 9.17) is 4.74 Å². The molecule has 5 heteroatoms. The van der Waals surface area contributed by atoms with Crippen LogP contribution in [0.2, 0.25) is 0 Å². The van der Waals surface area contributed by atoms with Gasteiger partial charge in [-0.1, -0.05) is 6.07 Å². The molecule has 0 saturated carbocycles. The summed E-state index contributed by atoms with van der Waals surface area (Å²) in [4.78, 5) is 23.3. The molecule has 5 nitrogen and oxygen atoms in total. The Balaban J connectivity index is 2.16. The summed E-state index contributed by atoms with van der Waals surface area (Å²) in [6, 6.07) is 4.92. The topological polar surface area (TPSA) is 75.6 Å². The Labute approximate surface area is 116 Å². The number of carbonyl (C=O) groups excluding carboxylic acids is 1. The van der Waals surface area contributed by atoms with Crippen molar-refractivity contribution in [2.75, 3.05) is 7.11 Å². The number of hydrogen-bond acceptors (Lipinski definition) is 3. The third-order valence-corrected chi connectivity index (χ3v) is 4.50. The zero-order valence-corrected chi connectivity index (χ0v) is 11.3. The van der Waals surface area contributed by atoms with Gasteiger partial charge in [-0.2, -0.15) is 0 Å². The Hall–Kier alpha value is -2.04. The molecule has 20 heavy (non-hydrogen) atoms. The number of carboxylic acid groups (broad SMARTS) is 1. The van der Waals surface area contributed by atoms with Crippen molar-refractivity contribution in [2.45, 2.75) is 37.1 Å². The Bertz CT molecular complexity index is 583. The van der Waals surface area contributed by atoms with Crippen molar-refractivity contribution in [1.29, 1.82) is 0 Å². The summed E-state index contributed by atoms with van der Waals surface area (Å²) in [5.41, 5.74) is 1.44. The van der Waals surface area contributed by atoms with Crippen molar-refractivity contribution in [1.82, 2.24) is 5.32 Å². The molecule has 0 aromatic heterocycles. The Morgan fingerprint density at radius 1 is 1.50 bits per heavy atom.